The van der Waals surface area contributed by atoms with Gasteiger partial charge in [-0.15, -0.1) is 0 Å². The van der Waals surface area contributed by atoms with Gasteiger partial charge in [0, 0.05) is 11.6 Å². The quantitative estimate of drug-likeness (QED) is 0.362. The van der Waals surface area contributed by atoms with Crippen molar-refractivity contribution in [2.45, 2.75) is 25.0 Å². The summed E-state index contributed by atoms with van der Waals surface area (Å²) in [6, 6.07) is 2.29. The van der Waals surface area contributed by atoms with Gasteiger partial charge < -0.3 is 14.6 Å². The third-order valence-electron chi connectivity index (χ3n) is 3.76. The summed E-state index contributed by atoms with van der Waals surface area (Å²) in [6.45, 7) is 7.83. The van der Waals surface area contributed by atoms with Crippen LogP contribution in [0.5, 0.6) is 5.75 Å². The summed E-state index contributed by atoms with van der Waals surface area (Å²) >= 11 is 0. The zero-order valence-electron chi connectivity index (χ0n) is 13.9. The Morgan fingerprint density at radius 3 is 2.62 bits per heavy atom. The van der Waals surface area contributed by atoms with Crippen LogP contribution in [0, 0.1) is 11.6 Å². The van der Waals surface area contributed by atoms with Crippen LogP contribution in [-0.2, 0) is 9.53 Å². The molecular weight excluding hydrogens is 349 g/mol. The second kappa shape index (κ2) is 7.61. The molecule has 0 saturated heterocycles. The Hall–Kier alpha value is -2.80. The molecule has 4 nitrogen and oxygen atoms in total. The predicted octanol–water partition coefficient (Wildman–Crippen LogP) is 3.63. The number of carbonyl (C=O) groups is 1. The third-order valence-corrected chi connectivity index (χ3v) is 3.76. The number of aliphatic hydroxyl groups is 1. The van der Waals surface area contributed by atoms with Crippen molar-refractivity contribution < 1.29 is 32.5 Å². The fraction of sp³-hybridized carbons (Fsp3) is 0.211. The number of ether oxygens (including phenoxy) is 2. The monoisotopic (exact) mass is 366 g/mol. The first-order valence-corrected chi connectivity index (χ1v) is 7.58. The molecule has 1 aliphatic carbocycles. The molecule has 0 aliphatic heterocycles. The van der Waals surface area contributed by atoms with Crippen molar-refractivity contribution >= 4 is 11.5 Å². The molecule has 0 fully saturated rings. The first-order valence-electron chi connectivity index (χ1n) is 7.58. The molecule has 3 atom stereocenters. The minimum absolute atomic E-state index is 0.0665. The van der Waals surface area contributed by atoms with Crippen molar-refractivity contribution in [2.75, 3.05) is 0 Å². The molecule has 26 heavy (non-hydrogen) atoms. The molecule has 0 radical (unpaired) electrons. The lowest BCUT2D eigenvalue weighted by Gasteiger charge is -2.31. The van der Waals surface area contributed by atoms with Gasteiger partial charge in [0.1, 0.15) is 0 Å². The highest BCUT2D eigenvalue weighted by Crippen LogP contribution is 2.34. The van der Waals surface area contributed by atoms with Gasteiger partial charge in [0.25, 0.3) is 0 Å². The molecule has 0 aromatic heterocycles. The number of carbonyl (C=O) groups excluding carboxylic acids is 1. The first kappa shape index (κ1) is 19.5. The molecule has 1 aliphatic rings. The van der Waals surface area contributed by atoms with E-state index in [-0.39, 0.29) is 11.1 Å². The molecule has 1 aromatic rings. The minimum atomic E-state index is -1.78. The standard InChI is InChI=1S/C19H17F3O4/c1-4-15(23)25-13-7-6-12(17(21)18(13)22)11-8-9-19(3,14(20)10-11)26-16(24)5-2/h4-10,14-15,23H,1-2H2,3H3/t14?,15-,19?/m1/s1. The lowest BCUT2D eigenvalue weighted by atomic mass is 9.89. The lowest BCUT2D eigenvalue weighted by molar-refractivity contribution is -0.151. The van der Waals surface area contributed by atoms with E-state index >= 15 is 0 Å². The Kier molecular flexibility index (Phi) is 5.72. The van der Waals surface area contributed by atoms with Crippen molar-refractivity contribution in [3.05, 3.63) is 72.9 Å². The van der Waals surface area contributed by atoms with Gasteiger partial charge in [-0.05, 0) is 42.9 Å². The summed E-state index contributed by atoms with van der Waals surface area (Å²) in [4.78, 5) is 11.3. The minimum Gasteiger partial charge on any atom is -0.458 e. The molecule has 0 heterocycles. The maximum absolute atomic E-state index is 14.5. The second-order valence-corrected chi connectivity index (χ2v) is 5.65. The van der Waals surface area contributed by atoms with Crippen LogP contribution in [0.2, 0.25) is 0 Å². The number of aliphatic hydroxyl groups excluding tert-OH is 1. The third kappa shape index (κ3) is 3.88. The summed E-state index contributed by atoms with van der Waals surface area (Å²) in [5.41, 5.74) is -1.73. The van der Waals surface area contributed by atoms with E-state index in [2.05, 4.69) is 13.2 Å². The average Bonchev–Trinajstić information content (AvgIpc) is 2.61. The van der Waals surface area contributed by atoms with E-state index in [0.29, 0.717) is 0 Å². The zero-order valence-corrected chi connectivity index (χ0v) is 13.9. The van der Waals surface area contributed by atoms with Crippen LogP contribution in [0.25, 0.3) is 5.57 Å². The normalized spacial score (nSPS) is 23.0. The Balaban J connectivity index is 2.31. The number of rotatable bonds is 6. The fourth-order valence-corrected chi connectivity index (χ4v) is 2.28. The van der Waals surface area contributed by atoms with E-state index in [1.54, 1.807) is 0 Å². The highest BCUT2D eigenvalue weighted by atomic mass is 19.2. The van der Waals surface area contributed by atoms with E-state index in [1.807, 2.05) is 0 Å². The van der Waals surface area contributed by atoms with Crippen LogP contribution < -0.4 is 4.74 Å². The average molecular weight is 366 g/mol. The molecule has 0 saturated carbocycles. The van der Waals surface area contributed by atoms with Crippen molar-refractivity contribution in [3.63, 3.8) is 0 Å². The number of allylic oxidation sites excluding steroid dienone is 2. The van der Waals surface area contributed by atoms with Crippen LogP contribution >= 0.6 is 0 Å². The topological polar surface area (TPSA) is 55.8 Å². The van der Waals surface area contributed by atoms with Crippen LogP contribution in [0.4, 0.5) is 13.2 Å². The van der Waals surface area contributed by atoms with Gasteiger partial charge in [-0.2, -0.15) is 4.39 Å². The number of hydrogen-bond acceptors (Lipinski definition) is 4. The van der Waals surface area contributed by atoms with E-state index in [9.17, 15) is 23.1 Å². The Labute approximate surface area is 148 Å². The van der Waals surface area contributed by atoms with Gasteiger partial charge >= 0.3 is 5.97 Å². The van der Waals surface area contributed by atoms with Crippen molar-refractivity contribution in [3.8, 4) is 5.75 Å². The fourth-order valence-electron chi connectivity index (χ4n) is 2.28. The van der Waals surface area contributed by atoms with Crippen molar-refractivity contribution in [1.82, 2.24) is 0 Å². The van der Waals surface area contributed by atoms with Crippen LogP contribution in [0.15, 0.2) is 55.7 Å². The number of esters is 1. The van der Waals surface area contributed by atoms with Crippen molar-refractivity contribution in [2.24, 2.45) is 0 Å². The SMILES string of the molecule is C=CC(=O)OC1(C)C=CC(c2ccc(O[C@@H](O)C=C)c(F)c2F)=CC1F. The molecule has 0 bridgehead atoms. The number of halogens is 3. The molecule has 7 heteroatoms. The van der Waals surface area contributed by atoms with E-state index in [1.165, 1.54) is 25.1 Å². The van der Waals surface area contributed by atoms with Gasteiger partial charge in [-0.25, -0.2) is 13.6 Å². The van der Waals surface area contributed by atoms with Crippen LogP contribution in [0.1, 0.15) is 12.5 Å². The smallest absolute Gasteiger partial charge is 0.331 e. The van der Waals surface area contributed by atoms with Crippen molar-refractivity contribution in [1.29, 1.82) is 0 Å². The summed E-state index contributed by atoms with van der Waals surface area (Å²) in [5.74, 6) is -3.93. The predicted molar refractivity (Wildman–Crippen MR) is 89.9 cm³/mol. The Bertz CT molecular complexity index is 800. The maximum atomic E-state index is 14.5. The number of alkyl halides is 1. The molecule has 2 unspecified atom stereocenters. The number of hydrogen-bond donors (Lipinski definition) is 1. The van der Waals surface area contributed by atoms with Gasteiger partial charge in [0.05, 0.1) is 0 Å². The molecule has 1 N–H and O–H groups in total. The largest absolute Gasteiger partial charge is 0.458 e. The van der Waals surface area contributed by atoms with Gasteiger partial charge in [0.15, 0.2) is 23.3 Å². The van der Waals surface area contributed by atoms with Gasteiger partial charge in [-0.1, -0.05) is 19.2 Å². The summed E-state index contributed by atoms with van der Waals surface area (Å²) in [7, 11) is 0. The first-order chi connectivity index (χ1) is 12.2. The summed E-state index contributed by atoms with van der Waals surface area (Å²) < 4.78 is 52.6. The summed E-state index contributed by atoms with van der Waals surface area (Å²) in [5, 5.41) is 9.28. The Morgan fingerprint density at radius 2 is 2.04 bits per heavy atom. The van der Waals surface area contributed by atoms with Crippen LogP contribution in [0.3, 0.4) is 0 Å². The van der Waals surface area contributed by atoms with Gasteiger partial charge in [-0.3, -0.25) is 0 Å². The Morgan fingerprint density at radius 1 is 1.35 bits per heavy atom. The van der Waals surface area contributed by atoms with E-state index < -0.39 is 41.4 Å². The molecule has 1 aromatic carbocycles. The lowest BCUT2D eigenvalue weighted by Crippen LogP contribution is -2.39. The maximum Gasteiger partial charge on any atom is 0.331 e. The van der Waals surface area contributed by atoms with E-state index in [0.717, 1.165) is 24.3 Å². The highest BCUT2D eigenvalue weighted by molar-refractivity contribution is 5.82. The highest BCUT2D eigenvalue weighted by Gasteiger charge is 2.37. The number of benzene rings is 1. The summed E-state index contributed by atoms with van der Waals surface area (Å²) in [6.07, 6.45) is 2.20. The van der Waals surface area contributed by atoms with Gasteiger partial charge in [0.2, 0.25) is 12.1 Å². The second-order valence-electron chi connectivity index (χ2n) is 5.65. The van der Waals surface area contributed by atoms with E-state index in [4.69, 9.17) is 9.47 Å². The van der Waals surface area contributed by atoms with Crippen LogP contribution in [-0.4, -0.2) is 29.1 Å². The molecular formula is C19H17F3O4. The molecule has 0 amide bonds. The molecule has 138 valence electrons. The molecule has 2 rings (SSSR count). The zero-order chi connectivity index (χ0) is 19.5. The molecule has 0 spiro atoms.